The number of rotatable bonds is 1. The molecule has 1 N–H and O–H groups in total. The summed E-state index contributed by atoms with van der Waals surface area (Å²) in [4.78, 5) is 7.85. The highest BCUT2D eigenvalue weighted by molar-refractivity contribution is 9.10. The highest BCUT2D eigenvalue weighted by atomic mass is 79.9. The molecule has 0 aliphatic heterocycles. The van der Waals surface area contributed by atoms with Crippen LogP contribution < -0.4 is 0 Å². The smallest absolute Gasteiger partial charge is 0.138 e. The molecule has 2 nitrogen and oxygen atoms in total. The number of fused-ring (bicyclic) bond motifs is 1. The average Bonchev–Trinajstić information content (AvgIpc) is 2.75. The van der Waals surface area contributed by atoms with E-state index in [-0.39, 0.29) is 0 Å². The Bertz CT molecular complexity index is 734. The van der Waals surface area contributed by atoms with Crippen LogP contribution in [0.2, 0.25) is 5.02 Å². The van der Waals surface area contributed by atoms with Crippen LogP contribution in [-0.4, -0.2) is 9.97 Å². The summed E-state index contributed by atoms with van der Waals surface area (Å²) in [6.45, 7) is 2.06. The summed E-state index contributed by atoms with van der Waals surface area (Å²) in [5.74, 6) is 0.864. The van der Waals surface area contributed by atoms with E-state index in [1.165, 1.54) is 5.56 Å². The molecule has 4 heteroatoms. The Kier molecular flexibility index (Phi) is 2.88. The van der Waals surface area contributed by atoms with Crippen molar-refractivity contribution in [3.05, 3.63) is 51.5 Å². The zero-order valence-corrected chi connectivity index (χ0v) is 12.0. The first-order valence-corrected chi connectivity index (χ1v) is 6.72. The quantitative estimate of drug-likeness (QED) is 0.674. The van der Waals surface area contributed by atoms with Gasteiger partial charge in [-0.25, -0.2) is 4.98 Å². The van der Waals surface area contributed by atoms with Crippen molar-refractivity contribution in [3.8, 4) is 11.4 Å². The molecule has 3 rings (SSSR count). The Morgan fingerprint density at radius 3 is 2.78 bits per heavy atom. The van der Waals surface area contributed by atoms with Gasteiger partial charge in [0.25, 0.3) is 0 Å². The molecule has 0 aliphatic carbocycles. The number of aryl methyl sites for hydroxylation is 1. The van der Waals surface area contributed by atoms with E-state index in [9.17, 15) is 0 Å². The van der Waals surface area contributed by atoms with Gasteiger partial charge in [0.05, 0.1) is 11.0 Å². The second-order valence-electron chi connectivity index (χ2n) is 4.21. The van der Waals surface area contributed by atoms with Gasteiger partial charge in [-0.2, -0.15) is 0 Å². The highest BCUT2D eigenvalue weighted by Crippen LogP contribution is 2.26. The maximum atomic E-state index is 5.97. The van der Waals surface area contributed by atoms with E-state index in [1.807, 2.05) is 30.3 Å². The second kappa shape index (κ2) is 4.41. The number of hydrogen-bond acceptors (Lipinski definition) is 1. The first-order valence-electron chi connectivity index (χ1n) is 5.55. The average molecular weight is 322 g/mol. The fourth-order valence-corrected chi connectivity index (χ4v) is 2.33. The summed E-state index contributed by atoms with van der Waals surface area (Å²) in [7, 11) is 0. The van der Waals surface area contributed by atoms with E-state index in [0.717, 1.165) is 26.9 Å². The summed E-state index contributed by atoms with van der Waals surface area (Å²) < 4.78 is 1.10. The Balaban J connectivity index is 2.16. The third-order valence-corrected chi connectivity index (χ3v) is 4.00. The van der Waals surface area contributed by atoms with E-state index in [1.54, 1.807) is 0 Å². The minimum atomic E-state index is 0.713. The molecule has 0 amide bonds. The molecule has 0 spiro atoms. The van der Waals surface area contributed by atoms with Crippen LogP contribution in [-0.2, 0) is 0 Å². The van der Waals surface area contributed by atoms with Gasteiger partial charge in [0, 0.05) is 15.1 Å². The van der Waals surface area contributed by atoms with Crippen molar-refractivity contribution < 1.29 is 0 Å². The van der Waals surface area contributed by atoms with Gasteiger partial charge in [-0.05, 0) is 42.8 Å². The Hall–Kier alpha value is -1.32. The molecule has 1 heterocycles. The summed E-state index contributed by atoms with van der Waals surface area (Å²) in [6, 6.07) is 11.8. The lowest BCUT2D eigenvalue weighted by Crippen LogP contribution is -1.82. The number of H-pyrrole nitrogens is 1. The lowest BCUT2D eigenvalue weighted by Gasteiger charge is -2.00. The summed E-state index contributed by atoms with van der Waals surface area (Å²) in [6.07, 6.45) is 0. The Morgan fingerprint density at radius 2 is 2.00 bits per heavy atom. The van der Waals surface area contributed by atoms with Crippen molar-refractivity contribution in [2.75, 3.05) is 0 Å². The van der Waals surface area contributed by atoms with Gasteiger partial charge < -0.3 is 4.98 Å². The minimum absolute atomic E-state index is 0.713. The molecule has 0 bridgehead atoms. The number of halogens is 2. The maximum absolute atomic E-state index is 5.97. The lowest BCUT2D eigenvalue weighted by atomic mass is 10.1. The van der Waals surface area contributed by atoms with E-state index >= 15 is 0 Å². The fraction of sp³-hybridized carbons (Fsp3) is 0.0714. The predicted octanol–water partition coefficient (Wildman–Crippen LogP) is 4.95. The van der Waals surface area contributed by atoms with Crippen molar-refractivity contribution in [1.29, 1.82) is 0 Å². The molecule has 3 aromatic rings. The van der Waals surface area contributed by atoms with Gasteiger partial charge in [-0.3, -0.25) is 0 Å². The molecular formula is C14H10BrClN2. The van der Waals surface area contributed by atoms with Gasteiger partial charge >= 0.3 is 0 Å². The molecule has 0 saturated carbocycles. The van der Waals surface area contributed by atoms with Crippen molar-refractivity contribution in [3.63, 3.8) is 0 Å². The van der Waals surface area contributed by atoms with E-state index in [4.69, 9.17) is 11.6 Å². The SMILES string of the molecule is Cc1cc(-c2nc3ccc(Cl)cc3[nH]2)ccc1Br. The number of imidazole rings is 1. The molecule has 18 heavy (non-hydrogen) atoms. The van der Waals surface area contributed by atoms with Crippen molar-refractivity contribution >= 4 is 38.6 Å². The number of aromatic nitrogens is 2. The van der Waals surface area contributed by atoms with Crippen LogP contribution in [0.3, 0.4) is 0 Å². The van der Waals surface area contributed by atoms with Crippen LogP contribution in [0.5, 0.6) is 0 Å². The van der Waals surface area contributed by atoms with Gasteiger partial charge in [0.1, 0.15) is 5.82 Å². The summed E-state index contributed by atoms with van der Waals surface area (Å²) in [5.41, 5.74) is 4.14. The van der Waals surface area contributed by atoms with Gasteiger partial charge in [-0.1, -0.05) is 33.6 Å². The summed E-state index contributed by atoms with van der Waals surface area (Å²) in [5, 5.41) is 0.713. The van der Waals surface area contributed by atoms with Crippen LogP contribution >= 0.6 is 27.5 Å². The number of nitrogens with one attached hydrogen (secondary N) is 1. The second-order valence-corrected chi connectivity index (χ2v) is 5.50. The third kappa shape index (κ3) is 2.04. The van der Waals surface area contributed by atoms with Crippen LogP contribution in [0.4, 0.5) is 0 Å². The maximum Gasteiger partial charge on any atom is 0.138 e. The van der Waals surface area contributed by atoms with Gasteiger partial charge in [0.15, 0.2) is 0 Å². The topological polar surface area (TPSA) is 28.7 Å². The van der Waals surface area contributed by atoms with Crippen molar-refractivity contribution in [1.82, 2.24) is 9.97 Å². The zero-order valence-electron chi connectivity index (χ0n) is 9.67. The largest absolute Gasteiger partial charge is 0.338 e. The molecule has 0 saturated heterocycles. The molecule has 0 atom stereocenters. The van der Waals surface area contributed by atoms with E-state index in [2.05, 4.69) is 38.9 Å². The zero-order chi connectivity index (χ0) is 12.7. The predicted molar refractivity (Wildman–Crippen MR) is 79.0 cm³/mol. The van der Waals surface area contributed by atoms with Crippen LogP contribution in [0.15, 0.2) is 40.9 Å². The molecule has 90 valence electrons. The molecule has 0 unspecified atom stereocenters. The fourth-order valence-electron chi connectivity index (χ4n) is 1.91. The van der Waals surface area contributed by atoms with Crippen molar-refractivity contribution in [2.24, 2.45) is 0 Å². The van der Waals surface area contributed by atoms with Gasteiger partial charge in [-0.15, -0.1) is 0 Å². The Morgan fingerprint density at radius 1 is 1.17 bits per heavy atom. The van der Waals surface area contributed by atoms with Crippen LogP contribution in [0.1, 0.15) is 5.56 Å². The van der Waals surface area contributed by atoms with E-state index < -0.39 is 0 Å². The molecule has 0 fully saturated rings. The van der Waals surface area contributed by atoms with E-state index in [0.29, 0.717) is 5.02 Å². The van der Waals surface area contributed by atoms with Gasteiger partial charge in [0.2, 0.25) is 0 Å². The summed E-state index contributed by atoms with van der Waals surface area (Å²) >= 11 is 9.46. The highest BCUT2D eigenvalue weighted by Gasteiger charge is 2.06. The number of benzene rings is 2. The van der Waals surface area contributed by atoms with Crippen LogP contribution in [0, 0.1) is 6.92 Å². The monoisotopic (exact) mass is 320 g/mol. The first-order chi connectivity index (χ1) is 8.63. The molecule has 0 aliphatic rings. The Labute approximate surface area is 118 Å². The molecular weight excluding hydrogens is 312 g/mol. The standard InChI is InChI=1S/C14H10BrClN2/c1-8-6-9(2-4-11(8)15)14-17-12-5-3-10(16)7-13(12)18-14/h2-7H,1H3,(H,17,18). The molecule has 0 radical (unpaired) electrons. The van der Waals surface area contributed by atoms with Crippen molar-refractivity contribution in [2.45, 2.75) is 6.92 Å². The number of nitrogens with zero attached hydrogens (tertiary/aromatic N) is 1. The third-order valence-electron chi connectivity index (χ3n) is 2.88. The minimum Gasteiger partial charge on any atom is -0.338 e. The number of hydrogen-bond donors (Lipinski definition) is 1. The molecule has 1 aromatic heterocycles. The number of aromatic amines is 1. The normalized spacial score (nSPS) is 11.1. The molecule has 2 aromatic carbocycles. The first kappa shape index (κ1) is 11.8. The van der Waals surface area contributed by atoms with Crippen LogP contribution in [0.25, 0.3) is 22.4 Å². The lowest BCUT2D eigenvalue weighted by molar-refractivity contribution is 1.32.